The van der Waals surface area contributed by atoms with E-state index in [-0.39, 0.29) is 12.1 Å². The number of nitriles is 1. The SMILES string of the molecule is C=C(CN[C@H](C)CC1(C(=N)NC)c2ccc(C(N)=O)cc2CCc2cc(C(N)=O)ccc21)NC(C#N)C[C@@H](C)CC. The van der Waals surface area contributed by atoms with Crippen LogP contribution in [0.3, 0.4) is 0 Å². The lowest BCUT2D eigenvalue weighted by Gasteiger charge is -2.39. The summed E-state index contributed by atoms with van der Waals surface area (Å²) in [4.78, 5) is 24.1. The molecule has 0 bridgehead atoms. The largest absolute Gasteiger partial charge is 0.376 e. The number of amides is 2. The smallest absolute Gasteiger partial charge is 0.248 e. The zero-order valence-corrected chi connectivity index (χ0v) is 24.6. The fraction of sp³-hybridized carbons (Fsp3) is 0.438. The molecule has 1 aliphatic carbocycles. The van der Waals surface area contributed by atoms with Gasteiger partial charge in [0.05, 0.1) is 11.5 Å². The van der Waals surface area contributed by atoms with Gasteiger partial charge in [0.25, 0.3) is 0 Å². The average Bonchev–Trinajstić information content (AvgIpc) is 3.09. The number of hydrogen-bond donors (Lipinski definition) is 6. The normalized spacial score (nSPS) is 15.6. The number of rotatable bonds is 13. The Balaban J connectivity index is 2.01. The lowest BCUT2D eigenvalue weighted by Crippen LogP contribution is -2.49. The van der Waals surface area contributed by atoms with E-state index in [1.54, 1.807) is 19.2 Å². The van der Waals surface area contributed by atoms with Crippen molar-refractivity contribution in [2.24, 2.45) is 17.4 Å². The number of nitrogens with zero attached hydrogens (tertiary/aromatic N) is 1. The van der Waals surface area contributed by atoms with Gasteiger partial charge in [0.2, 0.25) is 11.8 Å². The van der Waals surface area contributed by atoms with Crippen molar-refractivity contribution in [1.29, 1.82) is 10.7 Å². The Morgan fingerprint density at radius 2 is 1.61 bits per heavy atom. The van der Waals surface area contributed by atoms with Crippen molar-refractivity contribution >= 4 is 17.6 Å². The third-order valence-electron chi connectivity index (χ3n) is 8.19. The minimum absolute atomic E-state index is 0.0946. The second-order valence-corrected chi connectivity index (χ2v) is 11.2. The molecule has 0 saturated carbocycles. The number of hydrogen-bond acceptors (Lipinski definition) is 6. The number of likely N-dealkylation sites (N-methyl/N-ethyl adjacent to an activating group) is 1. The second-order valence-electron chi connectivity index (χ2n) is 11.2. The molecule has 3 atom stereocenters. The monoisotopic (exact) mass is 557 g/mol. The number of aryl methyl sites for hydroxylation is 2. The third kappa shape index (κ3) is 6.95. The predicted molar refractivity (Wildman–Crippen MR) is 163 cm³/mol. The Morgan fingerprint density at radius 1 is 1.07 bits per heavy atom. The van der Waals surface area contributed by atoms with E-state index < -0.39 is 17.2 Å². The maximum Gasteiger partial charge on any atom is 0.248 e. The van der Waals surface area contributed by atoms with E-state index >= 15 is 0 Å². The van der Waals surface area contributed by atoms with Crippen molar-refractivity contribution in [3.05, 3.63) is 82.1 Å². The van der Waals surface area contributed by atoms with Gasteiger partial charge in [-0.05, 0) is 85.0 Å². The van der Waals surface area contributed by atoms with Crippen LogP contribution in [0, 0.1) is 22.7 Å². The molecule has 8 N–H and O–H groups in total. The van der Waals surface area contributed by atoms with Crippen LogP contribution in [0.15, 0.2) is 48.7 Å². The summed E-state index contributed by atoms with van der Waals surface area (Å²) in [5, 5.41) is 28.7. The van der Waals surface area contributed by atoms with Crippen molar-refractivity contribution in [2.45, 2.75) is 70.4 Å². The highest BCUT2D eigenvalue weighted by molar-refractivity contribution is 5.98. The van der Waals surface area contributed by atoms with Crippen LogP contribution in [0.5, 0.6) is 0 Å². The van der Waals surface area contributed by atoms with Gasteiger partial charge in [0.1, 0.15) is 11.9 Å². The summed E-state index contributed by atoms with van der Waals surface area (Å²) in [6.07, 6.45) is 3.47. The van der Waals surface area contributed by atoms with Crippen LogP contribution in [-0.2, 0) is 18.3 Å². The van der Waals surface area contributed by atoms with Crippen LogP contribution in [0.25, 0.3) is 0 Å². The maximum atomic E-state index is 12.0. The number of fused-ring (bicyclic) bond motifs is 2. The van der Waals surface area contributed by atoms with Gasteiger partial charge >= 0.3 is 0 Å². The molecule has 2 aromatic carbocycles. The molecule has 0 spiro atoms. The van der Waals surface area contributed by atoms with Crippen molar-refractivity contribution in [1.82, 2.24) is 16.0 Å². The van der Waals surface area contributed by atoms with Gasteiger partial charge < -0.3 is 27.4 Å². The standard InChI is InChI=1S/C32H43N7O2/c1-6-19(2)13-26(17-33)39-21(4)18-38-20(3)16-32(31(36)37-5)27-11-9-24(29(34)40)14-22(27)7-8-23-15-25(30(35)41)10-12-28(23)32/h9-12,14-15,19-20,26,38-39H,4,6-8,13,16,18H2,1-3,5H3,(H2,34,40)(H2,35,41)(H2,36,37)/t19-,20+,26?/m0/s1. The molecule has 218 valence electrons. The van der Waals surface area contributed by atoms with E-state index in [1.165, 1.54) is 0 Å². The highest BCUT2D eigenvalue weighted by Crippen LogP contribution is 2.44. The molecule has 1 unspecified atom stereocenters. The molecule has 1 aliphatic rings. The fourth-order valence-electron chi connectivity index (χ4n) is 5.80. The summed E-state index contributed by atoms with van der Waals surface area (Å²) in [6, 6.07) is 12.8. The predicted octanol–water partition coefficient (Wildman–Crippen LogP) is 3.27. The highest BCUT2D eigenvalue weighted by Gasteiger charge is 2.44. The van der Waals surface area contributed by atoms with Crippen LogP contribution in [0.4, 0.5) is 0 Å². The Bertz CT molecular complexity index is 1290. The zero-order chi connectivity index (χ0) is 30.3. The van der Waals surface area contributed by atoms with E-state index in [4.69, 9.17) is 11.5 Å². The number of amidine groups is 1. The molecule has 9 nitrogen and oxygen atoms in total. The topological polar surface area (TPSA) is 170 Å². The van der Waals surface area contributed by atoms with Gasteiger partial charge in [-0.25, -0.2) is 0 Å². The molecule has 9 heteroatoms. The van der Waals surface area contributed by atoms with E-state index in [0.717, 1.165) is 40.8 Å². The van der Waals surface area contributed by atoms with Crippen molar-refractivity contribution < 1.29 is 9.59 Å². The first-order valence-electron chi connectivity index (χ1n) is 14.2. The Labute approximate surface area is 243 Å². The first kappa shape index (κ1) is 31.4. The molecule has 41 heavy (non-hydrogen) atoms. The fourth-order valence-corrected chi connectivity index (χ4v) is 5.80. The van der Waals surface area contributed by atoms with Gasteiger partial charge in [0.15, 0.2) is 0 Å². The van der Waals surface area contributed by atoms with Gasteiger partial charge in [-0.1, -0.05) is 39.0 Å². The summed E-state index contributed by atoms with van der Waals surface area (Å²) in [5.41, 5.74) is 15.6. The third-order valence-corrected chi connectivity index (χ3v) is 8.19. The minimum Gasteiger partial charge on any atom is -0.376 e. The average molecular weight is 558 g/mol. The minimum atomic E-state index is -0.908. The Kier molecular flexibility index (Phi) is 10.3. The Hall–Kier alpha value is -4.16. The number of carbonyl (C=O) groups excluding carboxylic acids is 2. The van der Waals surface area contributed by atoms with Crippen LogP contribution in [0.2, 0.25) is 0 Å². The van der Waals surface area contributed by atoms with Crippen LogP contribution in [0.1, 0.15) is 83.0 Å². The lowest BCUT2D eigenvalue weighted by atomic mass is 9.67. The molecule has 0 heterocycles. The van der Waals surface area contributed by atoms with Crippen LogP contribution >= 0.6 is 0 Å². The van der Waals surface area contributed by atoms with Crippen LogP contribution < -0.4 is 27.4 Å². The lowest BCUT2D eigenvalue weighted by molar-refractivity contribution is 0.0991. The van der Waals surface area contributed by atoms with Crippen LogP contribution in [-0.4, -0.2) is 43.3 Å². The zero-order valence-electron chi connectivity index (χ0n) is 24.6. The molecule has 3 rings (SSSR count). The van der Waals surface area contributed by atoms with E-state index in [9.17, 15) is 20.3 Å². The summed E-state index contributed by atoms with van der Waals surface area (Å²) < 4.78 is 0. The summed E-state index contributed by atoms with van der Waals surface area (Å²) in [6.45, 7) is 10.9. The maximum absolute atomic E-state index is 12.0. The molecule has 0 aromatic heterocycles. The highest BCUT2D eigenvalue weighted by atomic mass is 16.1. The molecule has 2 aromatic rings. The number of primary amides is 2. The molecular formula is C32H43N7O2. The van der Waals surface area contributed by atoms with Crippen molar-refractivity contribution in [3.63, 3.8) is 0 Å². The summed E-state index contributed by atoms with van der Waals surface area (Å²) in [7, 11) is 1.73. The number of carbonyl (C=O) groups is 2. The Morgan fingerprint density at radius 3 is 2.05 bits per heavy atom. The number of nitrogens with one attached hydrogen (secondary N) is 4. The van der Waals surface area contributed by atoms with Gasteiger partial charge in [0, 0.05) is 36.5 Å². The molecule has 0 saturated heterocycles. The molecule has 2 amide bonds. The van der Waals surface area contributed by atoms with Gasteiger partial charge in [-0.3, -0.25) is 15.0 Å². The first-order chi connectivity index (χ1) is 19.5. The van der Waals surface area contributed by atoms with Crippen molar-refractivity contribution in [3.8, 4) is 6.07 Å². The second kappa shape index (κ2) is 13.5. The van der Waals surface area contributed by atoms with E-state index in [0.29, 0.717) is 48.7 Å². The van der Waals surface area contributed by atoms with E-state index in [2.05, 4.69) is 49.4 Å². The molecule has 0 aliphatic heterocycles. The van der Waals surface area contributed by atoms with Gasteiger partial charge in [-0.2, -0.15) is 5.26 Å². The van der Waals surface area contributed by atoms with Crippen molar-refractivity contribution in [2.75, 3.05) is 13.6 Å². The number of nitrogens with two attached hydrogens (primary N) is 2. The summed E-state index contributed by atoms with van der Waals surface area (Å²) >= 11 is 0. The van der Waals surface area contributed by atoms with Gasteiger partial charge in [-0.15, -0.1) is 0 Å². The molecule has 0 fully saturated rings. The molecular weight excluding hydrogens is 514 g/mol. The summed E-state index contributed by atoms with van der Waals surface area (Å²) in [5.74, 6) is -0.293. The number of benzene rings is 2. The first-order valence-corrected chi connectivity index (χ1v) is 14.2. The molecule has 0 radical (unpaired) electrons. The van der Waals surface area contributed by atoms with E-state index in [1.807, 2.05) is 24.3 Å². The quantitative estimate of drug-likeness (QED) is 0.163.